The molecule has 0 atom stereocenters. The molecular weight excluding hydrogens is 476 g/mol. The number of amides is 2. The van der Waals surface area contributed by atoms with Crippen LogP contribution in [0, 0.1) is 5.41 Å². The molecule has 6 nitrogen and oxygen atoms in total. The highest BCUT2D eigenvalue weighted by atomic mass is 32.1. The first-order chi connectivity index (χ1) is 16.7. The van der Waals surface area contributed by atoms with Crippen molar-refractivity contribution in [1.29, 1.82) is 0 Å². The van der Waals surface area contributed by atoms with Gasteiger partial charge in [-0.3, -0.25) is 30.5 Å². The number of rotatable bonds is 8. The van der Waals surface area contributed by atoms with Crippen LogP contribution in [-0.4, -0.2) is 45.9 Å². The van der Waals surface area contributed by atoms with Crippen LogP contribution >= 0.6 is 24.4 Å². The molecule has 0 unspecified atom stereocenters. The Labute approximate surface area is 220 Å². The summed E-state index contributed by atoms with van der Waals surface area (Å²) in [6.07, 6.45) is 11.6. The Morgan fingerprint density at radius 3 is 1.94 bits per heavy atom. The molecule has 35 heavy (non-hydrogen) atoms. The zero-order chi connectivity index (χ0) is 26.1. The van der Waals surface area contributed by atoms with Gasteiger partial charge in [-0.2, -0.15) is 0 Å². The molecule has 2 saturated carbocycles. The lowest BCUT2D eigenvalue weighted by atomic mass is 9.96. The van der Waals surface area contributed by atoms with Crippen molar-refractivity contribution in [3.63, 3.8) is 0 Å². The number of thiocarbonyl (C=S) groups is 2. The van der Waals surface area contributed by atoms with E-state index < -0.39 is 11.8 Å². The van der Waals surface area contributed by atoms with Gasteiger partial charge in [-0.05, 0) is 51.0 Å². The number of hydrogen-bond donors (Lipinski definition) is 2. The summed E-state index contributed by atoms with van der Waals surface area (Å²) < 4.78 is 0. The van der Waals surface area contributed by atoms with E-state index in [1.165, 1.54) is 0 Å². The van der Waals surface area contributed by atoms with Crippen molar-refractivity contribution in [2.45, 2.75) is 64.2 Å². The third kappa shape index (κ3) is 7.70. The number of benzene rings is 1. The van der Waals surface area contributed by atoms with Gasteiger partial charge in [0.05, 0.1) is 0 Å². The lowest BCUT2D eigenvalue weighted by Crippen LogP contribution is -2.50. The Balaban J connectivity index is 0.000000784. The van der Waals surface area contributed by atoms with E-state index in [1.54, 1.807) is 24.1 Å². The summed E-state index contributed by atoms with van der Waals surface area (Å²) in [5.74, 6) is -0.844. The van der Waals surface area contributed by atoms with Crippen LogP contribution in [0.15, 0.2) is 55.1 Å². The average Bonchev–Trinajstić information content (AvgIpc) is 3.75. The smallest absolute Gasteiger partial charge is 0.248 e. The summed E-state index contributed by atoms with van der Waals surface area (Å²) in [7, 11) is 3.42. The van der Waals surface area contributed by atoms with Gasteiger partial charge in [0.25, 0.3) is 0 Å². The third-order valence-electron chi connectivity index (χ3n) is 6.31. The minimum absolute atomic E-state index is 0.0796. The van der Waals surface area contributed by atoms with Crippen LogP contribution in [0.1, 0.15) is 64.4 Å². The van der Waals surface area contributed by atoms with Crippen molar-refractivity contribution < 1.29 is 9.59 Å². The first-order valence-corrected chi connectivity index (χ1v) is 12.9. The number of nitrogens with zero attached hydrogens (tertiary/aromatic N) is 2. The molecule has 2 aliphatic carbocycles. The van der Waals surface area contributed by atoms with Crippen molar-refractivity contribution in [3.8, 4) is 0 Å². The molecule has 8 heteroatoms. The molecular formula is C27H38N4O2S2. The van der Waals surface area contributed by atoms with E-state index in [0.717, 1.165) is 44.1 Å². The minimum atomic E-state index is -0.423. The number of hydrazine groups is 2. The Morgan fingerprint density at radius 2 is 1.54 bits per heavy atom. The molecule has 2 amide bonds. The highest BCUT2D eigenvalue weighted by Gasteiger charge is 2.50. The molecule has 0 bridgehead atoms. The zero-order valence-corrected chi connectivity index (χ0v) is 22.9. The predicted molar refractivity (Wildman–Crippen MR) is 151 cm³/mol. The average molecular weight is 515 g/mol. The quantitative estimate of drug-likeness (QED) is 0.220. The van der Waals surface area contributed by atoms with E-state index in [0.29, 0.717) is 9.98 Å². The van der Waals surface area contributed by atoms with E-state index >= 15 is 0 Å². The van der Waals surface area contributed by atoms with E-state index in [1.807, 2.05) is 31.2 Å². The molecule has 1 aromatic carbocycles. The second kappa shape index (κ2) is 12.9. The summed E-state index contributed by atoms with van der Waals surface area (Å²) in [5.41, 5.74) is 6.27. The molecule has 0 heterocycles. The number of nitrogens with one attached hydrogen (secondary N) is 2. The number of hydrogen-bond acceptors (Lipinski definition) is 4. The van der Waals surface area contributed by atoms with Gasteiger partial charge in [-0.25, -0.2) is 0 Å². The molecule has 0 aliphatic heterocycles. The molecule has 0 radical (unpaired) electrons. The molecule has 2 N–H and O–H groups in total. The molecule has 2 fully saturated rings. The van der Waals surface area contributed by atoms with Gasteiger partial charge in [0.2, 0.25) is 11.8 Å². The van der Waals surface area contributed by atoms with E-state index in [2.05, 4.69) is 48.6 Å². The van der Waals surface area contributed by atoms with Gasteiger partial charge in [0.15, 0.2) is 0 Å². The van der Waals surface area contributed by atoms with Crippen molar-refractivity contribution in [3.05, 3.63) is 60.7 Å². The minimum Gasteiger partial charge on any atom is -0.281 e. The Hall–Kier alpha value is -2.58. The third-order valence-corrected chi connectivity index (χ3v) is 7.69. The number of carbonyl (C=O) groups excluding carboxylic acids is 2. The first-order valence-electron chi connectivity index (χ1n) is 12.1. The molecule has 2 aliphatic rings. The van der Waals surface area contributed by atoms with Crippen LogP contribution in [-0.2, 0) is 15.0 Å². The summed E-state index contributed by atoms with van der Waals surface area (Å²) in [4.78, 5) is 26.0. The molecule has 190 valence electrons. The van der Waals surface area contributed by atoms with Crippen LogP contribution in [0.3, 0.4) is 0 Å². The molecule has 1 aromatic rings. The van der Waals surface area contributed by atoms with E-state index in [9.17, 15) is 9.59 Å². The van der Waals surface area contributed by atoms with Crippen LogP contribution in [0.25, 0.3) is 0 Å². The summed E-state index contributed by atoms with van der Waals surface area (Å²) >= 11 is 11.2. The molecule has 3 rings (SSSR count). The maximum Gasteiger partial charge on any atom is 0.248 e. The van der Waals surface area contributed by atoms with Crippen LogP contribution in [0.2, 0.25) is 0 Å². The fraction of sp³-hybridized carbons (Fsp3) is 0.481. The highest BCUT2D eigenvalue weighted by molar-refractivity contribution is 7.80. The van der Waals surface area contributed by atoms with Crippen molar-refractivity contribution >= 4 is 46.2 Å². The van der Waals surface area contributed by atoms with Crippen molar-refractivity contribution in [1.82, 2.24) is 20.9 Å². The number of allylic oxidation sites excluding steroid dienone is 3. The van der Waals surface area contributed by atoms with Crippen molar-refractivity contribution in [2.75, 3.05) is 14.1 Å². The molecule has 0 spiro atoms. The molecule has 0 saturated heterocycles. The standard InChI is InChI=1S/C22H28N4O2S2.C5H10/c1-4-10-21(11-12-21)19(29)25(2)23-17(27)15-18(28)24-26(3)20(30)22(13-14-22)16-8-6-5-7-9-16;1-3-5-4-2/h4-9H,1,10-15H2,2-3H3,(H,23,27)(H,24,28);3,5H,4H2,1-2H3/b;5-3-. The second-order valence-corrected chi connectivity index (χ2v) is 9.95. The zero-order valence-electron chi connectivity index (χ0n) is 21.3. The van der Waals surface area contributed by atoms with Crippen LogP contribution in [0.4, 0.5) is 0 Å². The van der Waals surface area contributed by atoms with Crippen molar-refractivity contribution in [2.24, 2.45) is 5.41 Å². The second-order valence-electron chi connectivity index (χ2n) is 9.17. The maximum atomic E-state index is 12.4. The van der Waals surface area contributed by atoms with E-state index in [-0.39, 0.29) is 17.3 Å². The monoisotopic (exact) mass is 514 g/mol. The number of likely N-dealkylation sites (N-methyl/N-ethyl adjacent to an activating group) is 1. The Bertz CT molecular complexity index is 953. The maximum absolute atomic E-state index is 12.4. The lowest BCUT2D eigenvalue weighted by molar-refractivity contribution is -0.132. The van der Waals surface area contributed by atoms with Gasteiger partial charge in [0.1, 0.15) is 16.4 Å². The SMILES string of the molecule is C/C=C\CC.C=CCC1(C(=S)N(C)NC(=O)CC(=O)NN(C)C(=S)C2(c3ccccc3)CC2)CC1. The van der Waals surface area contributed by atoms with Gasteiger partial charge in [0, 0.05) is 24.9 Å². The van der Waals surface area contributed by atoms with E-state index in [4.69, 9.17) is 24.4 Å². The Kier molecular flexibility index (Phi) is 10.6. The lowest BCUT2D eigenvalue weighted by Gasteiger charge is -2.28. The van der Waals surface area contributed by atoms with Crippen LogP contribution in [0.5, 0.6) is 0 Å². The number of carbonyl (C=O) groups is 2. The highest BCUT2D eigenvalue weighted by Crippen LogP contribution is 2.51. The predicted octanol–water partition coefficient (Wildman–Crippen LogP) is 5.02. The molecule has 0 aromatic heterocycles. The van der Waals surface area contributed by atoms with Gasteiger partial charge in [-0.15, -0.1) is 6.58 Å². The van der Waals surface area contributed by atoms with Gasteiger partial charge >= 0.3 is 0 Å². The normalized spacial score (nSPS) is 16.2. The summed E-state index contributed by atoms with van der Waals surface area (Å²) in [5, 5.41) is 3.10. The summed E-state index contributed by atoms with van der Waals surface area (Å²) in [6, 6.07) is 10.1. The fourth-order valence-corrected chi connectivity index (χ4v) is 4.75. The largest absolute Gasteiger partial charge is 0.281 e. The Morgan fingerprint density at radius 1 is 1.00 bits per heavy atom. The fourth-order valence-electron chi connectivity index (χ4n) is 4.05. The summed E-state index contributed by atoms with van der Waals surface area (Å²) in [6.45, 7) is 7.93. The van der Waals surface area contributed by atoms with Gasteiger partial charge in [-0.1, -0.05) is 79.9 Å². The first kappa shape index (κ1) is 28.7. The van der Waals surface area contributed by atoms with Gasteiger partial charge < -0.3 is 0 Å². The topological polar surface area (TPSA) is 64.7 Å². The van der Waals surface area contributed by atoms with Crippen LogP contribution < -0.4 is 10.9 Å².